The SMILES string of the molecule is C#Cc1ccc(C2(NC(=O)OCC3c4ccccc4-c4ccccc43)CCCC2)cc1. The molecule has 1 saturated carbocycles. The number of benzene rings is 3. The first-order chi connectivity index (χ1) is 15.2. The topological polar surface area (TPSA) is 38.3 Å². The lowest BCUT2D eigenvalue weighted by Gasteiger charge is -2.31. The number of fused-ring (bicyclic) bond motifs is 3. The van der Waals surface area contributed by atoms with Crippen LogP contribution < -0.4 is 5.32 Å². The summed E-state index contributed by atoms with van der Waals surface area (Å²) in [4.78, 5) is 12.9. The first-order valence-electron chi connectivity index (χ1n) is 10.9. The predicted octanol–water partition coefficient (Wildman–Crippen LogP) is 5.98. The van der Waals surface area contributed by atoms with Gasteiger partial charge in [-0.3, -0.25) is 0 Å². The molecule has 0 saturated heterocycles. The average Bonchev–Trinajstić information content (AvgIpc) is 3.41. The Morgan fingerprint density at radius 1 is 0.935 bits per heavy atom. The van der Waals surface area contributed by atoms with E-state index < -0.39 is 0 Å². The zero-order valence-electron chi connectivity index (χ0n) is 17.4. The largest absolute Gasteiger partial charge is 0.449 e. The van der Waals surface area contributed by atoms with Crippen molar-refractivity contribution in [3.8, 4) is 23.5 Å². The fraction of sp³-hybridized carbons (Fsp3) is 0.250. The van der Waals surface area contributed by atoms with Gasteiger partial charge in [0.15, 0.2) is 0 Å². The van der Waals surface area contributed by atoms with Crippen molar-refractivity contribution in [1.29, 1.82) is 0 Å². The van der Waals surface area contributed by atoms with E-state index in [4.69, 9.17) is 11.2 Å². The minimum Gasteiger partial charge on any atom is -0.449 e. The van der Waals surface area contributed by atoms with E-state index in [2.05, 4.69) is 47.6 Å². The average molecular weight is 408 g/mol. The number of ether oxygens (including phenoxy) is 1. The van der Waals surface area contributed by atoms with Gasteiger partial charge in [-0.15, -0.1) is 6.42 Å². The molecule has 0 bridgehead atoms. The Bertz CT molecular complexity index is 1100. The van der Waals surface area contributed by atoms with Gasteiger partial charge in [0, 0.05) is 11.5 Å². The molecular formula is C28H25NO2. The molecule has 1 amide bonds. The van der Waals surface area contributed by atoms with Crippen molar-refractivity contribution in [2.24, 2.45) is 0 Å². The number of carbonyl (C=O) groups excluding carboxylic acids is 1. The fourth-order valence-electron chi connectivity index (χ4n) is 5.18. The summed E-state index contributed by atoms with van der Waals surface area (Å²) < 4.78 is 5.81. The Kier molecular flexibility index (Phi) is 5.00. The van der Waals surface area contributed by atoms with Crippen LogP contribution in [0.1, 0.15) is 53.9 Å². The monoisotopic (exact) mass is 407 g/mol. The number of carbonyl (C=O) groups is 1. The quantitative estimate of drug-likeness (QED) is 0.541. The summed E-state index contributed by atoms with van der Waals surface area (Å²) in [6.07, 6.45) is 9.12. The van der Waals surface area contributed by atoms with E-state index in [9.17, 15) is 4.79 Å². The number of terminal acetylenes is 1. The second-order valence-corrected chi connectivity index (χ2v) is 8.46. The Balaban J connectivity index is 1.33. The lowest BCUT2D eigenvalue weighted by molar-refractivity contribution is 0.129. The van der Waals surface area contributed by atoms with Crippen molar-refractivity contribution < 1.29 is 9.53 Å². The maximum Gasteiger partial charge on any atom is 0.407 e. The van der Waals surface area contributed by atoms with Gasteiger partial charge in [0.25, 0.3) is 0 Å². The molecule has 1 N–H and O–H groups in total. The lowest BCUT2D eigenvalue weighted by atomic mass is 9.88. The highest BCUT2D eigenvalue weighted by Crippen LogP contribution is 2.44. The van der Waals surface area contributed by atoms with Crippen molar-refractivity contribution in [1.82, 2.24) is 5.32 Å². The molecule has 1 fully saturated rings. The maximum atomic E-state index is 12.9. The molecule has 3 heteroatoms. The lowest BCUT2D eigenvalue weighted by Crippen LogP contribution is -2.44. The number of rotatable bonds is 4. The van der Waals surface area contributed by atoms with Crippen LogP contribution in [0, 0.1) is 12.3 Å². The van der Waals surface area contributed by atoms with Gasteiger partial charge >= 0.3 is 6.09 Å². The van der Waals surface area contributed by atoms with Crippen molar-refractivity contribution in [3.05, 3.63) is 95.1 Å². The van der Waals surface area contributed by atoms with Crippen LogP contribution in [0.25, 0.3) is 11.1 Å². The molecule has 0 aliphatic heterocycles. The molecule has 0 spiro atoms. The first kappa shape index (κ1) is 19.5. The fourth-order valence-corrected chi connectivity index (χ4v) is 5.18. The molecule has 5 rings (SSSR count). The van der Waals surface area contributed by atoms with E-state index in [0.717, 1.165) is 36.8 Å². The standard InChI is InChI=1S/C28H25NO2/c1-2-20-13-15-21(16-14-20)28(17-7-8-18-28)29-27(30)31-19-26-24-11-5-3-9-22(24)23-10-4-6-12-25(23)26/h1,3-6,9-16,26H,7-8,17-19H2,(H,29,30). The molecule has 3 nitrogen and oxygen atoms in total. The number of hydrogen-bond donors (Lipinski definition) is 1. The van der Waals surface area contributed by atoms with Gasteiger partial charge in [0.2, 0.25) is 0 Å². The van der Waals surface area contributed by atoms with Crippen LogP contribution in [0.15, 0.2) is 72.8 Å². The molecule has 2 aliphatic carbocycles. The van der Waals surface area contributed by atoms with Crippen LogP contribution in [0.3, 0.4) is 0 Å². The molecule has 0 heterocycles. The first-order valence-corrected chi connectivity index (χ1v) is 10.9. The number of nitrogens with one attached hydrogen (secondary N) is 1. The molecule has 0 radical (unpaired) electrons. The molecule has 0 atom stereocenters. The molecule has 2 aliphatic rings. The highest BCUT2D eigenvalue weighted by molar-refractivity contribution is 5.79. The van der Waals surface area contributed by atoms with E-state index in [1.54, 1.807) is 0 Å². The second-order valence-electron chi connectivity index (χ2n) is 8.46. The summed E-state index contributed by atoms with van der Waals surface area (Å²) in [6, 6.07) is 24.7. The van der Waals surface area contributed by atoms with Gasteiger partial charge in [-0.1, -0.05) is 79.4 Å². The number of alkyl carbamates (subject to hydrolysis) is 1. The van der Waals surface area contributed by atoms with E-state index in [0.29, 0.717) is 6.61 Å². The maximum absolute atomic E-state index is 12.9. The van der Waals surface area contributed by atoms with Gasteiger partial charge in [0.05, 0.1) is 5.54 Å². The van der Waals surface area contributed by atoms with E-state index in [1.807, 2.05) is 36.4 Å². The van der Waals surface area contributed by atoms with Crippen molar-refractivity contribution in [3.63, 3.8) is 0 Å². The van der Waals surface area contributed by atoms with Gasteiger partial charge in [-0.25, -0.2) is 4.79 Å². The molecule has 3 aromatic carbocycles. The third-order valence-corrected chi connectivity index (χ3v) is 6.75. The van der Waals surface area contributed by atoms with Crippen LogP contribution in [-0.4, -0.2) is 12.7 Å². The summed E-state index contributed by atoms with van der Waals surface area (Å²) in [5, 5.41) is 3.21. The van der Waals surface area contributed by atoms with Crippen molar-refractivity contribution >= 4 is 6.09 Å². The Morgan fingerprint density at radius 2 is 1.52 bits per heavy atom. The molecule has 0 unspecified atom stereocenters. The van der Waals surface area contributed by atoms with Crippen LogP contribution >= 0.6 is 0 Å². The molecule has 154 valence electrons. The van der Waals surface area contributed by atoms with Gasteiger partial charge < -0.3 is 10.1 Å². The summed E-state index contributed by atoms with van der Waals surface area (Å²) in [5.74, 6) is 2.72. The third kappa shape index (κ3) is 3.49. The summed E-state index contributed by atoms with van der Waals surface area (Å²) in [5.41, 5.74) is 6.46. The number of amides is 1. The summed E-state index contributed by atoms with van der Waals surface area (Å²) >= 11 is 0. The molecular weight excluding hydrogens is 382 g/mol. The Labute approximate surface area is 183 Å². The minimum atomic E-state index is -0.379. The van der Waals surface area contributed by atoms with Crippen molar-refractivity contribution in [2.45, 2.75) is 37.1 Å². The van der Waals surface area contributed by atoms with E-state index in [-0.39, 0.29) is 17.6 Å². The summed E-state index contributed by atoms with van der Waals surface area (Å²) in [7, 11) is 0. The zero-order chi connectivity index (χ0) is 21.3. The number of hydrogen-bond acceptors (Lipinski definition) is 2. The van der Waals surface area contributed by atoms with Gasteiger partial charge in [-0.05, 0) is 52.8 Å². The Hall–Kier alpha value is -3.51. The molecule has 0 aromatic heterocycles. The van der Waals surface area contributed by atoms with E-state index >= 15 is 0 Å². The molecule has 3 aromatic rings. The highest BCUT2D eigenvalue weighted by Gasteiger charge is 2.38. The van der Waals surface area contributed by atoms with Gasteiger partial charge in [0.1, 0.15) is 6.61 Å². The third-order valence-electron chi connectivity index (χ3n) is 6.75. The van der Waals surface area contributed by atoms with Crippen LogP contribution in [0.5, 0.6) is 0 Å². The Morgan fingerprint density at radius 3 is 2.10 bits per heavy atom. The summed E-state index contributed by atoms with van der Waals surface area (Å²) in [6.45, 7) is 0.325. The molecule has 31 heavy (non-hydrogen) atoms. The van der Waals surface area contributed by atoms with Crippen LogP contribution in [0.2, 0.25) is 0 Å². The van der Waals surface area contributed by atoms with Gasteiger partial charge in [-0.2, -0.15) is 0 Å². The minimum absolute atomic E-state index is 0.0626. The predicted molar refractivity (Wildman–Crippen MR) is 123 cm³/mol. The highest BCUT2D eigenvalue weighted by atomic mass is 16.5. The van der Waals surface area contributed by atoms with Crippen LogP contribution in [0.4, 0.5) is 4.79 Å². The second kappa shape index (κ2) is 7.96. The normalized spacial score (nSPS) is 16.2. The van der Waals surface area contributed by atoms with E-state index in [1.165, 1.54) is 22.3 Å². The van der Waals surface area contributed by atoms with Crippen molar-refractivity contribution in [2.75, 3.05) is 6.61 Å². The van der Waals surface area contributed by atoms with Crippen LogP contribution in [-0.2, 0) is 10.3 Å². The zero-order valence-corrected chi connectivity index (χ0v) is 17.4. The smallest absolute Gasteiger partial charge is 0.407 e.